The van der Waals surface area contributed by atoms with Crippen molar-refractivity contribution >= 4 is 31.6 Å². The molecule has 104 valence electrons. The second kappa shape index (κ2) is 4.83. The highest BCUT2D eigenvalue weighted by Gasteiger charge is 2.29. The lowest BCUT2D eigenvalue weighted by Crippen LogP contribution is -2.38. The van der Waals surface area contributed by atoms with Crippen molar-refractivity contribution in [1.82, 2.24) is 4.72 Å². The normalized spacial score (nSPS) is 20.0. The molecule has 0 bridgehead atoms. The fraction of sp³-hybridized carbons (Fsp3) is 0.0769. The summed E-state index contributed by atoms with van der Waals surface area (Å²) in [7, 11) is -3.58. The van der Waals surface area contributed by atoms with Gasteiger partial charge < -0.3 is 5.32 Å². The Bertz CT molecular complexity index is 780. The van der Waals surface area contributed by atoms with Crippen LogP contribution < -0.4 is 10.0 Å². The predicted molar refractivity (Wildman–Crippen MR) is 77.2 cm³/mol. The number of para-hydroxylation sites is 1. The van der Waals surface area contributed by atoms with Crippen LogP contribution in [-0.4, -0.2) is 8.42 Å². The summed E-state index contributed by atoms with van der Waals surface area (Å²) in [5.41, 5.74) is 1.15. The van der Waals surface area contributed by atoms with E-state index in [0.717, 1.165) is 0 Å². The average Bonchev–Trinajstić information content (AvgIpc) is 2.41. The molecule has 0 amide bonds. The van der Waals surface area contributed by atoms with Crippen LogP contribution in [0, 0.1) is 5.82 Å². The van der Waals surface area contributed by atoms with E-state index in [1.54, 1.807) is 24.3 Å². The van der Waals surface area contributed by atoms with Gasteiger partial charge in [0.25, 0.3) is 0 Å². The third-order valence-electron chi connectivity index (χ3n) is 3.03. The predicted octanol–water partition coefficient (Wildman–Crippen LogP) is 2.99. The van der Waals surface area contributed by atoms with Crippen molar-refractivity contribution in [3.8, 4) is 0 Å². The van der Waals surface area contributed by atoms with Crippen molar-refractivity contribution < 1.29 is 12.8 Å². The SMILES string of the molecule is O=S1(=O)N[C@@H](c2ccc(F)c(Br)c2)Nc2ccccc21. The second-order valence-corrected chi connectivity index (χ2v) is 6.91. The van der Waals surface area contributed by atoms with Crippen LogP contribution in [0.15, 0.2) is 51.8 Å². The van der Waals surface area contributed by atoms with E-state index >= 15 is 0 Å². The minimum atomic E-state index is -3.58. The van der Waals surface area contributed by atoms with Gasteiger partial charge in [0.2, 0.25) is 10.0 Å². The van der Waals surface area contributed by atoms with Gasteiger partial charge in [-0.05, 0) is 45.8 Å². The van der Waals surface area contributed by atoms with E-state index in [-0.39, 0.29) is 9.37 Å². The van der Waals surface area contributed by atoms with Gasteiger partial charge in [0.05, 0.1) is 10.2 Å². The lowest BCUT2D eigenvalue weighted by molar-refractivity contribution is 0.562. The largest absolute Gasteiger partial charge is 0.364 e. The Labute approximate surface area is 124 Å². The van der Waals surface area contributed by atoms with Gasteiger partial charge in [-0.3, -0.25) is 0 Å². The molecule has 0 unspecified atom stereocenters. The minimum absolute atomic E-state index is 0.206. The molecule has 1 aliphatic rings. The maximum Gasteiger partial charge on any atom is 0.244 e. The Morgan fingerprint density at radius 1 is 1.15 bits per heavy atom. The molecule has 0 saturated heterocycles. The quantitative estimate of drug-likeness (QED) is 0.825. The Morgan fingerprint density at radius 3 is 2.65 bits per heavy atom. The molecule has 1 heterocycles. The van der Waals surface area contributed by atoms with Gasteiger partial charge in [0.15, 0.2) is 0 Å². The van der Waals surface area contributed by atoms with Gasteiger partial charge in [0.1, 0.15) is 16.9 Å². The van der Waals surface area contributed by atoms with Crippen LogP contribution in [0.25, 0.3) is 0 Å². The number of sulfonamides is 1. The molecule has 4 nitrogen and oxygen atoms in total. The highest BCUT2D eigenvalue weighted by Crippen LogP contribution is 2.31. The van der Waals surface area contributed by atoms with E-state index in [4.69, 9.17) is 0 Å². The summed E-state index contributed by atoms with van der Waals surface area (Å²) < 4.78 is 40.4. The van der Waals surface area contributed by atoms with Crippen LogP contribution in [-0.2, 0) is 10.0 Å². The zero-order valence-electron chi connectivity index (χ0n) is 10.1. The molecule has 2 N–H and O–H groups in total. The van der Waals surface area contributed by atoms with Crippen molar-refractivity contribution in [2.75, 3.05) is 5.32 Å². The summed E-state index contributed by atoms with van der Waals surface area (Å²) in [4.78, 5) is 0.206. The molecule has 0 spiro atoms. The first-order chi connectivity index (χ1) is 9.47. The molecule has 20 heavy (non-hydrogen) atoms. The fourth-order valence-electron chi connectivity index (χ4n) is 2.07. The van der Waals surface area contributed by atoms with E-state index in [1.807, 2.05) is 0 Å². The zero-order chi connectivity index (χ0) is 14.3. The third kappa shape index (κ3) is 2.32. The van der Waals surface area contributed by atoms with Gasteiger partial charge in [0, 0.05) is 0 Å². The summed E-state index contributed by atoms with van der Waals surface area (Å²) in [6.45, 7) is 0. The molecular weight excluding hydrogens is 347 g/mol. The molecule has 1 aliphatic heterocycles. The number of anilines is 1. The van der Waals surface area contributed by atoms with Crippen molar-refractivity contribution in [3.63, 3.8) is 0 Å². The van der Waals surface area contributed by atoms with Crippen molar-refractivity contribution in [2.24, 2.45) is 0 Å². The Balaban J connectivity index is 2.05. The van der Waals surface area contributed by atoms with Gasteiger partial charge >= 0.3 is 0 Å². The summed E-state index contributed by atoms with van der Waals surface area (Å²) in [5.74, 6) is -0.396. The van der Waals surface area contributed by atoms with E-state index in [2.05, 4.69) is 26.0 Å². The summed E-state index contributed by atoms with van der Waals surface area (Å²) in [6, 6.07) is 11.0. The van der Waals surface area contributed by atoms with E-state index in [1.165, 1.54) is 18.2 Å². The second-order valence-electron chi connectivity index (χ2n) is 4.37. The third-order valence-corrected chi connectivity index (χ3v) is 5.12. The number of fused-ring (bicyclic) bond motifs is 1. The highest BCUT2D eigenvalue weighted by molar-refractivity contribution is 9.10. The fourth-order valence-corrected chi connectivity index (χ4v) is 3.77. The molecular formula is C13H10BrFN2O2S. The highest BCUT2D eigenvalue weighted by atomic mass is 79.9. The van der Waals surface area contributed by atoms with Crippen LogP contribution in [0.5, 0.6) is 0 Å². The minimum Gasteiger partial charge on any atom is -0.364 e. The maximum atomic E-state index is 13.3. The first kappa shape index (κ1) is 13.5. The van der Waals surface area contributed by atoms with Crippen molar-refractivity contribution in [2.45, 2.75) is 11.1 Å². The molecule has 3 rings (SSSR count). The number of hydrogen-bond acceptors (Lipinski definition) is 3. The van der Waals surface area contributed by atoms with Crippen molar-refractivity contribution in [3.05, 3.63) is 58.3 Å². The molecule has 2 aromatic rings. The summed E-state index contributed by atoms with van der Waals surface area (Å²) >= 11 is 3.09. The number of halogens is 2. The summed E-state index contributed by atoms with van der Waals surface area (Å²) in [6.07, 6.45) is -0.633. The number of rotatable bonds is 1. The lowest BCUT2D eigenvalue weighted by Gasteiger charge is -2.28. The van der Waals surface area contributed by atoms with Crippen molar-refractivity contribution in [1.29, 1.82) is 0 Å². The monoisotopic (exact) mass is 356 g/mol. The molecule has 0 aromatic heterocycles. The molecule has 0 fully saturated rings. The molecule has 0 radical (unpaired) electrons. The number of benzene rings is 2. The molecule has 0 saturated carbocycles. The van der Waals surface area contributed by atoms with Gasteiger partial charge in [-0.2, -0.15) is 4.72 Å². The summed E-state index contributed by atoms with van der Waals surface area (Å²) in [5, 5.41) is 3.08. The van der Waals surface area contributed by atoms with E-state index < -0.39 is 22.0 Å². The van der Waals surface area contributed by atoms with Crippen LogP contribution in [0.2, 0.25) is 0 Å². The molecule has 7 heteroatoms. The average molecular weight is 357 g/mol. The maximum absolute atomic E-state index is 13.3. The Kier molecular flexibility index (Phi) is 3.27. The standard InChI is InChI=1S/C13H10BrFN2O2S/c14-9-7-8(5-6-10(9)15)13-16-11-3-1-2-4-12(11)20(18,19)17-13/h1-7,13,16-17H/t13-/m0/s1. The first-order valence-corrected chi connectivity index (χ1v) is 8.08. The van der Waals surface area contributed by atoms with E-state index in [0.29, 0.717) is 11.3 Å². The number of hydrogen-bond donors (Lipinski definition) is 2. The van der Waals surface area contributed by atoms with Gasteiger partial charge in [-0.15, -0.1) is 0 Å². The number of nitrogens with one attached hydrogen (secondary N) is 2. The molecule has 1 atom stereocenters. The molecule has 2 aromatic carbocycles. The zero-order valence-corrected chi connectivity index (χ0v) is 12.5. The van der Waals surface area contributed by atoms with Crippen LogP contribution in [0.4, 0.5) is 10.1 Å². The van der Waals surface area contributed by atoms with Crippen LogP contribution in [0.1, 0.15) is 11.7 Å². The van der Waals surface area contributed by atoms with Gasteiger partial charge in [-0.1, -0.05) is 18.2 Å². The Morgan fingerprint density at radius 2 is 1.90 bits per heavy atom. The molecule has 0 aliphatic carbocycles. The van der Waals surface area contributed by atoms with E-state index in [9.17, 15) is 12.8 Å². The lowest BCUT2D eigenvalue weighted by atomic mass is 10.1. The van der Waals surface area contributed by atoms with Crippen LogP contribution >= 0.6 is 15.9 Å². The van der Waals surface area contributed by atoms with Crippen LogP contribution in [0.3, 0.4) is 0 Å². The topological polar surface area (TPSA) is 58.2 Å². The first-order valence-electron chi connectivity index (χ1n) is 5.80. The Hall–Kier alpha value is -1.44. The van der Waals surface area contributed by atoms with Gasteiger partial charge in [-0.25, -0.2) is 12.8 Å². The smallest absolute Gasteiger partial charge is 0.244 e.